The lowest BCUT2D eigenvalue weighted by Gasteiger charge is -2.31. The first-order chi connectivity index (χ1) is 18.2. The number of amides is 3. The summed E-state index contributed by atoms with van der Waals surface area (Å²) in [5, 5.41) is 4.29. The summed E-state index contributed by atoms with van der Waals surface area (Å²) in [6, 6.07) is 9.39. The Balaban J connectivity index is 1.56. The van der Waals surface area contributed by atoms with Crippen LogP contribution in [0.15, 0.2) is 71.5 Å². The lowest BCUT2D eigenvalue weighted by Crippen LogP contribution is -2.45. The Bertz CT molecular complexity index is 1470. The highest BCUT2D eigenvalue weighted by Gasteiger charge is 2.30. The standard InChI is InChI=1S/C26H24N6O5S/c27-19-9-14-3-1-5-21(38)23(14)32(30-22(33)12-31-8-2-4-15(11-31)24(28)34)16-6-7-20-17(10-16)18(25(35)29-20)13-37-26(19)36/h1-8,10,13,19,38H,9,11-12,27H2,(H2,28,34)(H,29,35)(H,30,33)/b18-13-. The van der Waals surface area contributed by atoms with Gasteiger partial charge < -0.3 is 26.4 Å². The highest BCUT2D eigenvalue weighted by Crippen LogP contribution is 2.39. The number of nitrogens with zero attached hydrogens (tertiary/aromatic N) is 2. The number of carbonyl (C=O) groups is 4. The molecule has 6 N–H and O–H groups in total. The van der Waals surface area contributed by atoms with Gasteiger partial charge in [-0.05, 0) is 42.1 Å². The van der Waals surface area contributed by atoms with E-state index in [1.165, 1.54) is 0 Å². The number of ether oxygens (including phenoxy) is 1. The molecule has 0 saturated carbocycles. The first-order valence-corrected chi connectivity index (χ1v) is 12.1. The fourth-order valence-electron chi connectivity index (χ4n) is 4.43. The van der Waals surface area contributed by atoms with Crippen LogP contribution in [0.4, 0.5) is 17.1 Å². The summed E-state index contributed by atoms with van der Waals surface area (Å²) in [6.07, 6.45) is 6.12. The van der Waals surface area contributed by atoms with Crippen molar-refractivity contribution >= 4 is 59.0 Å². The number of thiol groups is 1. The first kappa shape index (κ1) is 25.1. The highest BCUT2D eigenvalue weighted by atomic mass is 32.1. The summed E-state index contributed by atoms with van der Waals surface area (Å²) >= 11 is 4.64. The Kier molecular flexibility index (Phi) is 6.66. The van der Waals surface area contributed by atoms with E-state index in [-0.39, 0.29) is 25.1 Å². The van der Waals surface area contributed by atoms with E-state index >= 15 is 0 Å². The highest BCUT2D eigenvalue weighted by molar-refractivity contribution is 7.80. The Morgan fingerprint density at radius 2 is 2.03 bits per heavy atom. The molecule has 12 heteroatoms. The van der Waals surface area contributed by atoms with Crippen LogP contribution >= 0.6 is 12.6 Å². The Hall–Kier alpha value is -4.55. The van der Waals surface area contributed by atoms with Crippen LogP contribution in [0.25, 0.3) is 5.57 Å². The van der Waals surface area contributed by atoms with Gasteiger partial charge in [-0.3, -0.25) is 24.8 Å². The third kappa shape index (κ3) is 4.86. The molecule has 3 heterocycles. The third-order valence-electron chi connectivity index (χ3n) is 6.27. The summed E-state index contributed by atoms with van der Waals surface area (Å²) in [5.74, 6) is -2.10. The van der Waals surface area contributed by atoms with Gasteiger partial charge in [0.15, 0.2) is 0 Å². The van der Waals surface area contributed by atoms with Crippen molar-refractivity contribution in [1.29, 1.82) is 0 Å². The summed E-state index contributed by atoms with van der Waals surface area (Å²) in [4.78, 5) is 52.2. The molecular formula is C26H24N6O5S. The van der Waals surface area contributed by atoms with Gasteiger partial charge >= 0.3 is 5.97 Å². The van der Waals surface area contributed by atoms with Crippen LogP contribution in [0.5, 0.6) is 0 Å². The number of hydrogen-bond acceptors (Lipinski definition) is 9. The molecule has 3 aliphatic rings. The van der Waals surface area contributed by atoms with Gasteiger partial charge in [0.1, 0.15) is 12.3 Å². The largest absolute Gasteiger partial charge is 0.432 e. The zero-order valence-corrected chi connectivity index (χ0v) is 20.9. The Morgan fingerprint density at radius 1 is 1.21 bits per heavy atom. The fraction of sp³-hybridized carbons (Fsp3) is 0.154. The molecule has 0 saturated heterocycles. The monoisotopic (exact) mass is 532 g/mol. The lowest BCUT2D eigenvalue weighted by atomic mass is 10.0. The lowest BCUT2D eigenvalue weighted by molar-refractivity contribution is -0.139. The van der Waals surface area contributed by atoms with Crippen molar-refractivity contribution in [2.24, 2.45) is 11.5 Å². The number of allylic oxidation sites excluding steroid dienone is 2. The van der Waals surface area contributed by atoms with Gasteiger partial charge in [-0.15, -0.1) is 12.6 Å². The number of nitrogens with one attached hydrogen (secondary N) is 2. The van der Waals surface area contributed by atoms with E-state index in [1.807, 2.05) is 0 Å². The van der Waals surface area contributed by atoms with Crippen molar-refractivity contribution in [2.75, 3.05) is 23.4 Å². The van der Waals surface area contributed by atoms with Crippen LogP contribution < -0.4 is 27.2 Å². The number of nitrogens with two attached hydrogens (primary N) is 2. The van der Waals surface area contributed by atoms with Crippen LogP contribution in [-0.4, -0.2) is 47.7 Å². The van der Waals surface area contributed by atoms with E-state index in [1.54, 1.807) is 64.7 Å². The van der Waals surface area contributed by atoms with Gasteiger partial charge in [0.25, 0.3) is 11.8 Å². The number of anilines is 3. The predicted octanol–water partition coefficient (Wildman–Crippen LogP) is 1.11. The van der Waals surface area contributed by atoms with E-state index < -0.39 is 29.7 Å². The molecule has 0 aliphatic carbocycles. The summed E-state index contributed by atoms with van der Waals surface area (Å²) in [5.41, 5.74) is 17.7. The minimum Gasteiger partial charge on any atom is -0.432 e. The molecule has 0 radical (unpaired) electrons. The SMILES string of the molecule is NC(=O)C1=CC=CN(CC(=O)NN2c3ccc4c(c3)/C(=C/OC(=O)C(N)Cc3cccc(S)c32)C(=O)N4)C1. The Labute approximate surface area is 223 Å². The quantitative estimate of drug-likeness (QED) is 0.289. The molecule has 0 aromatic heterocycles. The third-order valence-corrected chi connectivity index (χ3v) is 6.63. The number of hydrazine groups is 1. The number of primary amides is 1. The van der Waals surface area contributed by atoms with Crippen LogP contribution in [0.3, 0.4) is 0 Å². The van der Waals surface area contributed by atoms with Crippen molar-refractivity contribution in [3.63, 3.8) is 0 Å². The second-order valence-corrected chi connectivity index (χ2v) is 9.40. The van der Waals surface area contributed by atoms with Crippen molar-refractivity contribution in [2.45, 2.75) is 17.4 Å². The van der Waals surface area contributed by atoms with E-state index in [9.17, 15) is 19.2 Å². The van der Waals surface area contributed by atoms with Crippen LogP contribution in [0.1, 0.15) is 11.1 Å². The number of rotatable bonds is 4. The van der Waals surface area contributed by atoms with E-state index in [0.29, 0.717) is 38.7 Å². The van der Waals surface area contributed by atoms with Gasteiger partial charge in [0, 0.05) is 34.7 Å². The van der Waals surface area contributed by atoms with Crippen molar-refractivity contribution in [3.05, 3.63) is 77.7 Å². The van der Waals surface area contributed by atoms with Gasteiger partial charge in [0.05, 0.1) is 23.5 Å². The molecule has 38 heavy (non-hydrogen) atoms. The summed E-state index contributed by atoms with van der Waals surface area (Å²) in [6.45, 7) is 0.106. The molecule has 1 atom stereocenters. The molecule has 0 spiro atoms. The molecule has 1 unspecified atom stereocenters. The molecular weight excluding hydrogens is 508 g/mol. The zero-order chi connectivity index (χ0) is 27.0. The molecule has 2 aromatic rings. The average Bonchev–Trinajstić information content (AvgIpc) is 3.19. The maximum absolute atomic E-state index is 13.3. The predicted molar refractivity (Wildman–Crippen MR) is 143 cm³/mol. The first-order valence-electron chi connectivity index (χ1n) is 11.6. The van der Waals surface area contributed by atoms with E-state index in [4.69, 9.17) is 16.2 Å². The van der Waals surface area contributed by atoms with E-state index in [2.05, 4.69) is 23.4 Å². The molecule has 0 fully saturated rings. The molecule has 11 nitrogen and oxygen atoms in total. The van der Waals surface area contributed by atoms with Gasteiger partial charge in [0.2, 0.25) is 5.91 Å². The van der Waals surface area contributed by atoms with Crippen LogP contribution in [0, 0.1) is 0 Å². The molecule has 194 valence electrons. The molecule has 3 aliphatic heterocycles. The number of benzene rings is 2. The van der Waals surface area contributed by atoms with Crippen molar-refractivity contribution in [1.82, 2.24) is 10.3 Å². The minimum absolute atomic E-state index is 0.0797. The van der Waals surface area contributed by atoms with E-state index in [0.717, 1.165) is 6.26 Å². The topological polar surface area (TPSA) is 160 Å². The number of esters is 1. The molecule has 2 aromatic carbocycles. The number of fused-ring (bicyclic) bond motifs is 2. The second-order valence-electron chi connectivity index (χ2n) is 8.92. The maximum atomic E-state index is 13.3. The Morgan fingerprint density at radius 3 is 2.82 bits per heavy atom. The molecule has 5 rings (SSSR count). The number of cyclic esters (lactones) is 1. The fourth-order valence-corrected chi connectivity index (χ4v) is 4.75. The smallest absolute Gasteiger partial charge is 0.328 e. The van der Waals surface area contributed by atoms with Crippen LogP contribution in [-0.2, 0) is 30.3 Å². The molecule has 2 bridgehead atoms. The minimum atomic E-state index is -1.04. The second kappa shape index (κ2) is 10.1. The number of carbonyl (C=O) groups excluding carboxylic acids is 4. The van der Waals surface area contributed by atoms with Gasteiger partial charge in [-0.2, -0.15) is 0 Å². The number of hydrogen-bond donors (Lipinski definition) is 5. The van der Waals surface area contributed by atoms with Gasteiger partial charge in [-0.25, -0.2) is 4.79 Å². The van der Waals surface area contributed by atoms with Crippen molar-refractivity contribution < 1.29 is 23.9 Å². The summed E-state index contributed by atoms with van der Waals surface area (Å²) in [7, 11) is 0. The zero-order valence-electron chi connectivity index (χ0n) is 20.0. The summed E-state index contributed by atoms with van der Waals surface area (Å²) < 4.78 is 5.24. The van der Waals surface area contributed by atoms with Gasteiger partial charge in [-0.1, -0.05) is 18.2 Å². The average molecular weight is 533 g/mol. The molecule has 3 amide bonds. The number of para-hydroxylation sites is 1. The van der Waals surface area contributed by atoms with Crippen molar-refractivity contribution in [3.8, 4) is 0 Å². The van der Waals surface area contributed by atoms with Crippen LogP contribution in [0.2, 0.25) is 0 Å². The maximum Gasteiger partial charge on any atom is 0.328 e. The normalized spacial score (nSPS) is 19.7.